The van der Waals surface area contributed by atoms with Gasteiger partial charge in [0.15, 0.2) is 0 Å². The molecular formula is C15H24N2O2. The van der Waals surface area contributed by atoms with E-state index in [-0.39, 0.29) is 18.6 Å². The summed E-state index contributed by atoms with van der Waals surface area (Å²) in [7, 11) is 0. The van der Waals surface area contributed by atoms with E-state index in [2.05, 4.69) is 17.6 Å². The molecule has 0 aromatic heterocycles. The van der Waals surface area contributed by atoms with Crippen molar-refractivity contribution in [2.45, 2.75) is 45.8 Å². The van der Waals surface area contributed by atoms with Crippen LogP contribution in [0.5, 0.6) is 0 Å². The summed E-state index contributed by atoms with van der Waals surface area (Å²) >= 11 is 0. The van der Waals surface area contributed by atoms with Crippen molar-refractivity contribution in [3.8, 4) is 0 Å². The Morgan fingerprint density at radius 2 is 2.16 bits per heavy atom. The molecule has 0 saturated carbocycles. The third-order valence-electron chi connectivity index (χ3n) is 2.97. The van der Waals surface area contributed by atoms with E-state index in [1.165, 1.54) is 0 Å². The highest BCUT2D eigenvalue weighted by atomic mass is 16.3. The average Bonchev–Trinajstić information content (AvgIpc) is 2.43. The maximum atomic E-state index is 11.8. The first-order valence-corrected chi connectivity index (χ1v) is 6.91. The number of benzene rings is 1. The lowest BCUT2D eigenvalue weighted by molar-refractivity contribution is -0.121. The summed E-state index contributed by atoms with van der Waals surface area (Å²) in [5.74, 6) is 0.00510. The van der Waals surface area contributed by atoms with Gasteiger partial charge in [-0.3, -0.25) is 4.79 Å². The third-order valence-corrected chi connectivity index (χ3v) is 2.97. The van der Waals surface area contributed by atoms with Crippen molar-refractivity contribution in [2.75, 3.05) is 11.9 Å². The number of nitrogens with one attached hydrogen (secondary N) is 2. The smallest absolute Gasteiger partial charge is 0.242 e. The topological polar surface area (TPSA) is 61.4 Å². The van der Waals surface area contributed by atoms with Crippen molar-refractivity contribution in [3.05, 3.63) is 29.8 Å². The second kappa shape index (κ2) is 8.53. The van der Waals surface area contributed by atoms with E-state index in [9.17, 15) is 4.79 Å². The van der Waals surface area contributed by atoms with E-state index in [1.54, 1.807) is 0 Å². The Bertz CT molecular complexity index is 393. The maximum Gasteiger partial charge on any atom is 0.242 e. The van der Waals surface area contributed by atoms with Gasteiger partial charge in [0.2, 0.25) is 5.91 Å². The van der Waals surface area contributed by atoms with Gasteiger partial charge in [-0.2, -0.15) is 0 Å². The standard InChI is InChI=1S/C15H24N2O2/c1-3-4-5-9-16-15(19)12(2)17-14-8-6-7-13(10-14)11-18/h6-8,10,12,17-18H,3-5,9,11H2,1-2H3,(H,16,19). The van der Waals surface area contributed by atoms with Gasteiger partial charge in [0.1, 0.15) is 6.04 Å². The molecular weight excluding hydrogens is 240 g/mol. The zero-order valence-corrected chi connectivity index (χ0v) is 11.8. The van der Waals surface area contributed by atoms with Crippen molar-refractivity contribution >= 4 is 11.6 Å². The second-order valence-electron chi connectivity index (χ2n) is 4.72. The normalized spacial score (nSPS) is 11.9. The Morgan fingerprint density at radius 3 is 2.84 bits per heavy atom. The molecule has 0 fully saturated rings. The number of carbonyl (C=O) groups excluding carboxylic acids is 1. The van der Waals surface area contributed by atoms with E-state index in [4.69, 9.17) is 5.11 Å². The van der Waals surface area contributed by atoms with Gasteiger partial charge in [0.25, 0.3) is 0 Å². The molecule has 1 unspecified atom stereocenters. The van der Waals surface area contributed by atoms with Crippen molar-refractivity contribution in [1.29, 1.82) is 0 Å². The summed E-state index contributed by atoms with van der Waals surface area (Å²) in [6.45, 7) is 4.71. The molecule has 1 amide bonds. The van der Waals surface area contributed by atoms with Crippen LogP contribution < -0.4 is 10.6 Å². The molecule has 0 aliphatic rings. The van der Waals surface area contributed by atoms with Crippen LogP contribution in [-0.4, -0.2) is 23.6 Å². The minimum absolute atomic E-state index is 0.00510. The molecule has 0 spiro atoms. The van der Waals surface area contributed by atoms with Crippen LogP contribution in [0.1, 0.15) is 38.7 Å². The Hall–Kier alpha value is -1.55. The molecule has 0 aliphatic carbocycles. The molecule has 4 nitrogen and oxygen atoms in total. The highest BCUT2D eigenvalue weighted by Gasteiger charge is 2.11. The monoisotopic (exact) mass is 264 g/mol. The number of hydrogen-bond acceptors (Lipinski definition) is 3. The van der Waals surface area contributed by atoms with Gasteiger partial charge in [-0.15, -0.1) is 0 Å². The van der Waals surface area contributed by atoms with Crippen LogP contribution >= 0.6 is 0 Å². The number of anilines is 1. The molecule has 3 N–H and O–H groups in total. The number of aliphatic hydroxyl groups excluding tert-OH is 1. The van der Waals surface area contributed by atoms with Gasteiger partial charge < -0.3 is 15.7 Å². The van der Waals surface area contributed by atoms with Crippen LogP contribution in [0.2, 0.25) is 0 Å². The molecule has 4 heteroatoms. The molecule has 106 valence electrons. The van der Waals surface area contributed by atoms with E-state index in [0.29, 0.717) is 0 Å². The van der Waals surface area contributed by atoms with E-state index >= 15 is 0 Å². The van der Waals surface area contributed by atoms with Crippen LogP contribution in [0.3, 0.4) is 0 Å². The van der Waals surface area contributed by atoms with Crippen LogP contribution in [0, 0.1) is 0 Å². The van der Waals surface area contributed by atoms with Crippen molar-refractivity contribution in [1.82, 2.24) is 5.32 Å². The number of rotatable bonds is 8. The molecule has 1 rings (SSSR count). The minimum Gasteiger partial charge on any atom is -0.392 e. The first-order chi connectivity index (χ1) is 9.17. The largest absolute Gasteiger partial charge is 0.392 e. The number of carbonyl (C=O) groups is 1. The highest BCUT2D eigenvalue weighted by molar-refractivity contribution is 5.84. The fraction of sp³-hybridized carbons (Fsp3) is 0.533. The molecule has 0 aliphatic heterocycles. The Morgan fingerprint density at radius 1 is 1.37 bits per heavy atom. The second-order valence-corrected chi connectivity index (χ2v) is 4.72. The zero-order chi connectivity index (χ0) is 14.1. The summed E-state index contributed by atoms with van der Waals surface area (Å²) in [6.07, 6.45) is 3.31. The fourth-order valence-corrected chi connectivity index (χ4v) is 1.81. The van der Waals surface area contributed by atoms with Gasteiger partial charge in [0, 0.05) is 12.2 Å². The molecule has 1 aromatic rings. The molecule has 0 saturated heterocycles. The quantitative estimate of drug-likeness (QED) is 0.631. The van der Waals surface area contributed by atoms with Gasteiger partial charge in [-0.25, -0.2) is 0 Å². The molecule has 0 bridgehead atoms. The van der Waals surface area contributed by atoms with Crippen LogP contribution in [-0.2, 0) is 11.4 Å². The highest BCUT2D eigenvalue weighted by Crippen LogP contribution is 2.11. The third kappa shape index (κ3) is 5.75. The van der Waals surface area contributed by atoms with Crippen LogP contribution in [0.4, 0.5) is 5.69 Å². The predicted molar refractivity (Wildman–Crippen MR) is 78.0 cm³/mol. The van der Waals surface area contributed by atoms with Crippen molar-refractivity contribution in [3.63, 3.8) is 0 Å². The lowest BCUT2D eigenvalue weighted by Crippen LogP contribution is -2.38. The summed E-state index contributed by atoms with van der Waals surface area (Å²) in [6, 6.07) is 7.16. The van der Waals surface area contributed by atoms with Gasteiger partial charge in [-0.1, -0.05) is 31.9 Å². The SMILES string of the molecule is CCCCCNC(=O)C(C)Nc1cccc(CO)c1. The molecule has 0 heterocycles. The Kier molecular flexibility index (Phi) is 6.97. The Balaban J connectivity index is 2.40. The van der Waals surface area contributed by atoms with E-state index < -0.39 is 0 Å². The summed E-state index contributed by atoms with van der Waals surface area (Å²) < 4.78 is 0. The molecule has 1 aromatic carbocycles. The number of aliphatic hydroxyl groups is 1. The van der Waals surface area contributed by atoms with Gasteiger partial charge >= 0.3 is 0 Å². The van der Waals surface area contributed by atoms with Gasteiger partial charge in [-0.05, 0) is 31.0 Å². The molecule has 19 heavy (non-hydrogen) atoms. The first-order valence-electron chi connectivity index (χ1n) is 6.91. The lowest BCUT2D eigenvalue weighted by atomic mass is 10.2. The number of amides is 1. The zero-order valence-electron chi connectivity index (χ0n) is 11.8. The lowest BCUT2D eigenvalue weighted by Gasteiger charge is -2.15. The van der Waals surface area contributed by atoms with Crippen LogP contribution in [0.15, 0.2) is 24.3 Å². The Labute approximate surface area is 115 Å². The number of unbranched alkanes of at least 4 members (excludes halogenated alkanes) is 2. The summed E-state index contributed by atoms with van der Waals surface area (Å²) in [4.78, 5) is 11.8. The summed E-state index contributed by atoms with van der Waals surface area (Å²) in [5, 5.41) is 15.1. The predicted octanol–water partition coefficient (Wildman–Crippen LogP) is 2.29. The minimum atomic E-state index is -0.282. The first kappa shape index (κ1) is 15.5. The van der Waals surface area contributed by atoms with Crippen LogP contribution in [0.25, 0.3) is 0 Å². The van der Waals surface area contributed by atoms with Crippen molar-refractivity contribution in [2.24, 2.45) is 0 Å². The average molecular weight is 264 g/mol. The van der Waals surface area contributed by atoms with E-state index in [1.807, 2.05) is 31.2 Å². The fourth-order valence-electron chi connectivity index (χ4n) is 1.81. The molecule has 0 radical (unpaired) electrons. The van der Waals surface area contributed by atoms with Crippen molar-refractivity contribution < 1.29 is 9.90 Å². The van der Waals surface area contributed by atoms with Gasteiger partial charge in [0.05, 0.1) is 6.61 Å². The maximum absolute atomic E-state index is 11.8. The summed E-state index contributed by atoms with van der Waals surface area (Å²) in [5.41, 5.74) is 1.68. The number of hydrogen-bond donors (Lipinski definition) is 3. The molecule has 1 atom stereocenters. The van der Waals surface area contributed by atoms with E-state index in [0.717, 1.165) is 37.1 Å².